The fourth-order valence-corrected chi connectivity index (χ4v) is 1.32. The third-order valence-corrected chi connectivity index (χ3v) is 2.08. The number of hydrogen-bond acceptors (Lipinski definition) is 3. The number of aryl methyl sites for hydroxylation is 1. The largest absolute Gasteiger partial charge is 0.340 e. The molecule has 0 radical (unpaired) electrons. The van der Waals surface area contributed by atoms with Crippen molar-refractivity contribution in [1.82, 2.24) is 9.55 Å². The van der Waals surface area contributed by atoms with Gasteiger partial charge in [-0.05, 0) is 12.1 Å². The van der Waals surface area contributed by atoms with Gasteiger partial charge in [-0.1, -0.05) is 0 Å². The summed E-state index contributed by atoms with van der Waals surface area (Å²) in [6.07, 6.45) is 3.55. The van der Waals surface area contributed by atoms with Crippen LogP contribution >= 0.6 is 0 Å². The first kappa shape index (κ1) is 9.39. The Balaban J connectivity index is 2.35. The topological polar surface area (TPSA) is 61.0 Å². The van der Waals surface area contributed by atoms with Crippen LogP contribution in [0.2, 0.25) is 0 Å². The molecule has 2 rings (SSSR count). The lowest BCUT2D eigenvalue weighted by Crippen LogP contribution is -1.87. The van der Waals surface area contributed by atoms with E-state index in [1.807, 2.05) is 17.8 Å². The second kappa shape index (κ2) is 3.53. The molecule has 0 bridgehead atoms. The van der Waals surface area contributed by atoms with E-state index in [4.69, 9.17) is 0 Å². The monoisotopic (exact) mass is 203 g/mol. The molecule has 0 saturated heterocycles. The number of benzene rings is 1. The maximum absolute atomic E-state index is 10.4. The minimum Gasteiger partial charge on any atom is -0.340 e. The van der Waals surface area contributed by atoms with Crippen LogP contribution in [0.5, 0.6) is 0 Å². The summed E-state index contributed by atoms with van der Waals surface area (Å²) in [4.78, 5) is 14.2. The highest BCUT2D eigenvalue weighted by molar-refractivity contribution is 5.59. The van der Waals surface area contributed by atoms with Crippen LogP contribution in [0, 0.1) is 10.1 Å². The van der Waals surface area contributed by atoms with Crippen molar-refractivity contribution in [2.24, 2.45) is 7.05 Å². The molecule has 15 heavy (non-hydrogen) atoms. The van der Waals surface area contributed by atoms with Gasteiger partial charge >= 0.3 is 0 Å². The number of imidazole rings is 1. The van der Waals surface area contributed by atoms with E-state index >= 15 is 0 Å². The van der Waals surface area contributed by atoms with Gasteiger partial charge in [0.05, 0.1) is 16.9 Å². The van der Waals surface area contributed by atoms with Crippen molar-refractivity contribution in [2.75, 3.05) is 0 Å². The summed E-state index contributed by atoms with van der Waals surface area (Å²) in [7, 11) is 1.88. The van der Waals surface area contributed by atoms with E-state index in [0.717, 1.165) is 11.3 Å². The van der Waals surface area contributed by atoms with Crippen LogP contribution in [0.15, 0.2) is 36.8 Å². The van der Waals surface area contributed by atoms with Crippen LogP contribution in [0.4, 0.5) is 5.69 Å². The Hall–Kier alpha value is -2.17. The molecule has 0 atom stereocenters. The summed E-state index contributed by atoms with van der Waals surface area (Å²) in [6, 6.07) is 6.34. The van der Waals surface area contributed by atoms with Crippen LogP contribution in [0.25, 0.3) is 11.3 Å². The lowest BCUT2D eigenvalue weighted by atomic mass is 10.1. The molecule has 1 heterocycles. The van der Waals surface area contributed by atoms with Crippen LogP contribution < -0.4 is 0 Å². The van der Waals surface area contributed by atoms with E-state index < -0.39 is 4.92 Å². The molecule has 2 aromatic rings. The number of aromatic nitrogens is 2. The van der Waals surface area contributed by atoms with Crippen molar-refractivity contribution in [3.05, 3.63) is 46.9 Å². The SMILES string of the molecule is Cn1cnc(-c2ccc([N+](=O)[O-])cc2)c1. The van der Waals surface area contributed by atoms with Gasteiger partial charge in [0, 0.05) is 30.9 Å². The normalized spacial score (nSPS) is 10.2. The number of nitro benzene ring substituents is 1. The first-order valence-corrected chi connectivity index (χ1v) is 4.39. The fourth-order valence-electron chi connectivity index (χ4n) is 1.32. The molecule has 0 fully saturated rings. The molecule has 5 nitrogen and oxygen atoms in total. The lowest BCUT2D eigenvalue weighted by Gasteiger charge is -1.95. The molecule has 5 heteroatoms. The third-order valence-electron chi connectivity index (χ3n) is 2.08. The molecule has 0 aliphatic heterocycles. The zero-order valence-corrected chi connectivity index (χ0v) is 8.12. The molecule has 0 unspecified atom stereocenters. The van der Waals surface area contributed by atoms with Crippen molar-refractivity contribution in [3.8, 4) is 11.3 Å². The van der Waals surface area contributed by atoms with Gasteiger partial charge in [-0.2, -0.15) is 0 Å². The maximum Gasteiger partial charge on any atom is 0.269 e. The molecular weight excluding hydrogens is 194 g/mol. The predicted molar refractivity (Wildman–Crippen MR) is 55.3 cm³/mol. The number of nitro groups is 1. The van der Waals surface area contributed by atoms with Gasteiger partial charge in [0.1, 0.15) is 0 Å². The third kappa shape index (κ3) is 1.85. The predicted octanol–water partition coefficient (Wildman–Crippen LogP) is 2.00. The van der Waals surface area contributed by atoms with E-state index in [1.165, 1.54) is 12.1 Å². The van der Waals surface area contributed by atoms with Crippen molar-refractivity contribution >= 4 is 5.69 Å². The van der Waals surface area contributed by atoms with Gasteiger partial charge in [0.2, 0.25) is 0 Å². The Morgan fingerprint density at radius 2 is 2.00 bits per heavy atom. The molecule has 0 aliphatic rings. The first-order valence-electron chi connectivity index (χ1n) is 4.39. The molecule has 1 aromatic heterocycles. The minimum absolute atomic E-state index is 0.0923. The summed E-state index contributed by atoms with van der Waals surface area (Å²) in [5.41, 5.74) is 1.78. The Kier molecular flexibility index (Phi) is 2.21. The van der Waals surface area contributed by atoms with Gasteiger partial charge in [-0.3, -0.25) is 10.1 Å². The van der Waals surface area contributed by atoms with Crippen LogP contribution in [-0.2, 0) is 7.05 Å². The number of nitrogens with zero attached hydrogens (tertiary/aromatic N) is 3. The molecule has 1 aromatic carbocycles. The van der Waals surface area contributed by atoms with Gasteiger partial charge in [-0.15, -0.1) is 0 Å². The van der Waals surface area contributed by atoms with Gasteiger partial charge in [0.25, 0.3) is 5.69 Å². The van der Waals surface area contributed by atoms with E-state index in [9.17, 15) is 10.1 Å². The summed E-state index contributed by atoms with van der Waals surface area (Å²) in [6.45, 7) is 0. The highest BCUT2D eigenvalue weighted by Gasteiger charge is 2.06. The lowest BCUT2D eigenvalue weighted by molar-refractivity contribution is -0.384. The Bertz CT molecular complexity index is 488. The van der Waals surface area contributed by atoms with Gasteiger partial charge in [0.15, 0.2) is 0 Å². The van der Waals surface area contributed by atoms with Crippen molar-refractivity contribution in [3.63, 3.8) is 0 Å². The average Bonchev–Trinajstić information content (AvgIpc) is 2.65. The Morgan fingerprint density at radius 3 is 2.47 bits per heavy atom. The highest BCUT2D eigenvalue weighted by atomic mass is 16.6. The van der Waals surface area contributed by atoms with Crippen LogP contribution in [0.3, 0.4) is 0 Å². The van der Waals surface area contributed by atoms with Crippen molar-refractivity contribution in [1.29, 1.82) is 0 Å². The fraction of sp³-hybridized carbons (Fsp3) is 0.100. The first-order chi connectivity index (χ1) is 7.16. The second-order valence-electron chi connectivity index (χ2n) is 3.23. The molecule has 0 N–H and O–H groups in total. The Morgan fingerprint density at radius 1 is 1.33 bits per heavy atom. The zero-order chi connectivity index (χ0) is 10.8. The van der Waals surface area contributed by atoms with E-state index in [0.29, 0.717) is 0 Å². The number of rotatable bonds is 2. The highest BCUT2D eigenvalue weighted by Crippen LogP contribution is 2.20. The van der Waals surface area contributed by atoms with Crippen molar-refractivity contribution < 1.29 is 4.92 Å². The van der Waals surface area contributed by atoms with Gasteiger partial charge in [-0.25, -0.2) is 4.98 Å². The van der Waals surface area contributed by atoms with E-state index in [1.54, 1.807) is 18.5 Å². The Labute approximate surface area is 86.1 Å². The maximum atomic E-state index is 10.4. The van der Waals surface area contributed by atoms with E-state index in [-0.39, 0.29) is 5.69 Å². The standard InChI is InChI=1S/C10H9N3O2/c1-12-6-10(11-7-12)8-2-4-9(5-3-8)13(14)15/h2-7H,1H3. The zero-order valence-electron chi connectivity index (χ0n) is 8.12. The van der Waals surface area contributed by atoms with Crippen molar-refractivity contribution in [2.45, 2.75) is 0 Å². The molecule has 0 spiro atoms. The summed E-state index contributed by atoms with van der Waals surface area (Å²) < 4.78 is 1.83. The van der Waals surface area contributed by atoms with E-state index in [2.05, 4.69) is 4.98 Å². The minimum atomic E-state index is -0.414. The molecular formula is C10H9N3O2. The van der Waals surface area contributed by atoms with Crippen LogP contribution in [0.1, 0.15) is 0 Å². The van der Waals surface area contributed by atoms with Gasteiger partial charge < -0.3 is 4.57 Å². The molecule has 0 saturated carbocycles. The molecule has 0 amide bonds. The molecule has 76 valence electrons. The summed E-state index contributed by atoms with van der Waals surface area (Å²) in [5.74, 6) is 0. The number of non-ortho nitro benzene ring substituents is 1. The molecule has 0 aliphatic carbocycles. The summed E-state index contributed by atoms with van der Waals surface area (Å²) in [5, 5.41) is 10.4. The second-order valence-corrected chi connectivity index (χ2v) is 3.23. The van der Waals surface area contributed by atoms with Crippen LogP contribution in [-0.4, -0.2) is 14.5 Å². The summed E-state index contributed by atoms with van der Waals surface area (Å²) >= 11 is 0. The smallest absolute Gasteiger partial charge is 0.269 e. The average molecular weight is 203 g/mol. The quantitative estimate of drug-likeness (QED) is 0.554. The number of hydrogen-bond donors (Lipinski definition) is 0.